The molecule has 0 N–H and O–H groups in total. The minimum Gasteiger partial charge on any atom is -0.375 e. The molecule has 3 fully saturated rings. The number of fused-ring (bicyclic) bond motifs is 3. The van der Waals surface area contributed by atoms with Gasteiger partial charge in [-0.2, -0.15) is 0 Å². The van der Waals surface area contributed by atoms with Crippen LogP contribution in [0.25, 0.3) is 5.69 Å². The summed E-state index contributed by atoms with van der Waals surface area (Å²) in [5.74, 6) is 0.324. The fourth-order valence-corrected chi connectivity index (χ4v) is 6.04. The van der Waals surface area contributed by atoms with Crippen molar-refractivity contribution in [2.75, 3.05) is 55.7 Å². The quantitative estimate of drug-likeness (QED) is 0.527. The number of aromatic nitrogens is 4. The first kappa shape index (κ1) is 22.3. The van der Waals surface area contributed by atoms with Crippen LogP contribution in [0, 0.1) is 17.0 Å². The van der Waals surface area contributed by atoms with E-state index in [0.29, 0.717) is 31.2 Å². The van der Waals surface area contributed by atoms with Crippen molar-refractivity contribution in [3.8, 4) is 5.69 Å². The van der Waals surface area contributed by atoms with Gasteiger partial charge in [0.1, 0.15) is 5.82 Å². The highest BCUT2D eigenvalue weighted by Crippen LogP contribution is 2.44. The molecular weight excluding hydrogens is 495 g/mol. The number of rotatable bonds is 4. The number of hydrogen-bond acceptors (Lipinski definition) is 7. The van der Waals surface area contributed by atoms with Gasteiger partial charge in [0.25, 0.3) is 0 Å². The van der Waals surface area contributed by atoms with Crippen LogP contribution < -0.4 is 9.80 Å². The number of pyridine rings is 1. The van der Waals surface area contributed by atoms with Crippen LogP contribution in [0.1, 0.15) is 11.4 Å². The topological polar surface area (TPSA) is 62.6 Å². The Bertz CT molecular complexity index is 1350. The summed E-state index contributed by atoms with van der Waals surface area (Å²) in [4.78, 5) is 9.95. The van der Waals surface area contributed by atoms with E-state index in [4.69, 9.17) is 16.3 Å². The Morgan fingerprint density at radius 3 is 2.50 bits per heavy atom. The van der Waals surface area contributed by atoms with Crippen molar-refractivity contribution in [3.63, 3.8) is 0 Å². The molecule has 8 nitrogen and oxygen atoms in total. The van der Waals surface area contributed by atoms with Gasteiger partial charge < -0.3 is 14.5 Å². The van der Waals surface area contributed by atoms with E-state index in [1.165, 1.54) is 0 Å². The molecule has 0 bridgehead atoms. The molecule has 4 aliphatic rings. The molecule has 0 aliphatic carbocycles. The zero-order chi connectivity index (χ0) is 24.7. The first-order valence-corrected chi connectivity index (χ1v) is 12.2. The second kappa shape index (κ2) is 7.80. The molecule has 0 atom stereocenters. The van der Waals surface area contributed by atoms with Crippen LogP contribution in [0.5, 0.6) is 0 Å². The molecule has 12 heteroatoms. The number of anilines is 2. The Hall–Kier alpha value is -2.89. The summed E-state index contributed by atoms with van der Waals surface area (Å²) in [6.45, 7) is 4.21. The minimum atomic E-state index is -1.35. The highest BCUT2D eigenvalue weighted by atomic mass is 35.5. The molecule has 7 rings (SSSR count). The molecule has 0 saturated carbocycles. The van der Waals surface area contributed by atoms with Crippen LogP contribution in [-0.2, 0) is 17.8 Å². The number of ether oxygens (including phenoxy) is 1. The molecule has 36 heavy (non-hydrogen) atoms. The van der Waals surface area contributed by atoms with Crippen LogP contribution in [0.2, 0.25) is 5.02 Å². The Morgan fingerprint density at radius 2 is 1.78 bits per heavy atom. The van der Waals surface area contributed by atoms with Gasteiger partial charge in [-0.25, -0.2) is 18.2 Å². The summed E-state index contributed by atoms with van der Waals surface area (Å²) in [7, 11) is 0. The van der Waals surface area contributed by atoms with Crippen molar-refractivity contribution in [1.29, 1.82) is 0 Å². The highest BCUT2D eigenvalue weighted by Gasteiger charge is 2.54. The molecule has 0 radical (unpaired) electrons. The van der Waals surface area contributed by atoms with E-state index >= 15 is 0 Å². The summed E-state index contributed by atoms with van der Waals surface area (Å²) in [6, 6.07) is 6.57. The van der Waals surface area contributed by atoms with Crippen LogP contribution in [0.15, 0.2) is 30.5 Å². The fraction of sp³-hybridized carbons (Fsp3) is 0.458. The SMILES string of the molecule is Fc1cnc(N2CC3(C2)CN(c2nnc4n2-c2ccc(Cl)cc2CN(CC2(F)COC2)C4)C3)c(F)c1. The van der Waals surface area contributed by atoms with Gasteiger partial charge in [-0.3, -0.25) is 9.47 Å². The van der Waals surface area contributed by atoms with E-state index in [9.17, 15) is 13.2 Å². The lowest BCUT2D eigenvalue weighted by molar-refractivity contribution is -0.142. The predicted octanol–water partition coefficient (Wildman–Crippen LogP) is 2.97. The summed E-state index contributed by atoms with van der Waals surface area (Å²) in [6.07, 6.45) is 1.04. The summed E-state index contributed by atoms with van der Waals surface area (Å²) in [5, 5.41) is 9.60. The van der Waals surface area contributed by atoms with Gasteiger partial charge in [-0.1, -0.05) is 11.6 Å². The lowest BCUT2D eigenvalue weighted by Gasteiger charge is -2.60. The van der Waals surface area contributed by atoms with Gasteiger partial charge in [-0.05, 0) is 23.8 Å². The lowest BCUT2D eigenvalue weighted by Crippen LogP contribution is -2.73. The Kier molecular flexibility index (Phi) is 4.84. The van der Waals surface area contributed by atoms with Crippen LogP contribution >= 0.6 is 11.6 Å². The van der Waals surface area contributed by atoms with E-state index in [0.717, 1.165) is 48.4 Å². The van der Waals surface area contributed by atoms with E-state index in [1.54, 1.807) is 0 Å². The molecule has 4 aliphatic heterocycles. The van der Waals surface area contributed by atoms with E-state index in [1.807, 2.05) is 32.6 Å². The zero-order valence-electron chi connectivity index (χ0n) is 19.3. The fourth-order valence-electron chi connectivity index (χ4n) is 5.84. The zero-order valence-corrected chi connectivity index (χ0v) is 20.1. The lowest BCUT2D eigenvalue weighted by atomic mass is 9.73. The maximum atomic E-state index is 14.9. The first-order chi connectivity index (χ1) is 17.3. The summed E-state index contributed by atoms with van der Waals surface area (Å²) >= 11 is 6.32. The average molecular weight is 518 g/mol. The van der Waals surface area contributed by atoms with Crippen LogP contribution in [0.3, 0.4) is 0 Å². The third-order valence-corrected chi connectivity index (χ3v) is 7.69. The smallest absolute Gasteiger partial charge is 0.231 e. The molecule has 2 aromatic heterocycles. The molecule has 3 saturated heterocycles. The molecule has 188 valence electrons. The monoisotopic (exact) mass is 517 g/mol. The first-order valence-electron chi connectivity index (χ1n) is 11.8. The average Bonchev–Trinajstić information content (AvgIpc) is 3.08. The van der Waals surface area contributed by atoms with Gasteiger partial charge in [0, 0.05) is 55.8 Å². The maximum absolute atomic E-state index is 14.9. The van der Waals surface area contributed by atoms with E-state index in [-0.39, 0.29) is 31.0 Å². The van der Waals surface area contributed by atoms with E-state index < -0.39 is 17.3 Å². The molecule has 6 heterocycles. The van der Waals surface area contributed by atoms with Gasteiger partial charge in [0.2, 0.25) is 5.95 Å². The third-order valence-electron chi connectivity index (χ3n) is 7.46. The largest absolute Gasteiger partial charge is 0.375 e. The molecule has 1 aromatic carbocycles. The number of benzene rings is 1. The van der Waals surface area contributed by atoms with Crippen molar-refractivity contribution in [2.45, 2.75) is 18.8 Å². The van der Waals surface area contributed by atoms with Crippen molar-refractivity contribution < 1.29 is 17.9 Å². The van der Waals surface area contributed by atoms with Gasteiger partial charge in [0.05, 0.1) is 31.6 Å². The van der Waals surface area contributed by atoms with Gasteiger partial charge in [-0.15, -0.1) is 10.2 Å². The number of halogens is 4. The Morgan fingerprint density at radius 1 is 1.00 bits per heavy atom. The predicted molar refractivity (Wildman–Crippen MR) is 126 cm³/mol. The standard InChI is InChI=1S/C24H23ClF3N7O/c25-16-1-2-19-15(3-16)6-32(12-24(28)13-36-14-24)7-20-30-31-22(35(19)20)34-10-23(11-34)8-33(9-23)21-18(27)4-17(26)5-29-21/h1-5H,6-14H2. The molecule has 1 spiro atoms. The second-order valence-electron chi connectivity index (χ2n) is 10.5. The molecule has 0 unspecified atom stereocenters. The number of alkyl halides is 1. The summed E-state index contributed by atoms with van der Waals surface area (Å²) < 4.78 is 49.4. The van der Waals surface area contributed by atoms with Gasteiger partial charge in [0.15, 0.2) is 23.1 Å². The van der Waals surface area contributed by atoms with Crippen molar-refractivity contribution in [1.82, 2.24) is 24.6 Å². The Balaban J connectivity index is 1.12. The van der Waals surface area contributed by atoms with Crippen LogP contribution in [0.4, 0.5) is 24.9 Å². The van der Waals surface area contributed by atoms with E-state index in [2.05, 4.69) is 20.1 Å². The van der Waals surface area contributed by atoms with Crippen molar-refractivity contribution in [2.24, 2.45) is 5.41 Å². The normalized spacial score (nSPS) is 21.8. The molecule has 0 amide bonds. The maximum Gasteiger partial charge on any atom is 0.231 e. The highest BCUT2D eigenvalue weighted by molar-refractivity contribution is 6.30. The van der Waals surface area contributed by atoms with Crippen molar-refractivity contribution in [3.05, 3.63) is 58.5 Å². The number of hydrogen-bond donors (Lipinski definition) is 0. The Labute approximate surface area is 210 Å². The minimum absolute atomic E-state index is 0.000673. The number of nitrogens with zero attached hydrogens (tertiary/aromatic N) is 7. The third kappa shape index (κ3) is 3.55. The van der Waals surface area contributed by atoms with Crippen LogP contribution in [-0.4, -0.2) is 76.3 Å². The molecule has 3 aromatic rings. The summed E-state index contributed by atoms with van der Waals surface area (Å²) in [5.41, 5.74) is 0.562. The van der Waals surface area contributed by atoms with Crippen molar-refractivity contribution >= 4 is 23.4 Å². The van der Waals surface area contributed by atoms with Gasteiger partial charge >= 0.3 is 0 Å². The molecular formula is C24H23ClF3N7O. The second-order valence-corrected chi connectivity index (χ2v) is 10.9.